The van der Waals surface area contributed by atoms with Gasteiger partial charge in [-0.3, -0.25) is 19.5 Å². The van der Waals surface area contributed by atoms with Crippen molar-refractivity contribution in [2.45, 2.75) is 65.6 Å². The number of likely N-dealkylation sites (N-methyl/N-ethyl adjacent to an activating group) is 1. The van der Waals surface area contributed by atoms with Crippen molar-refractivity contribution in [2.75, 3.05) is 20.3 Å². The van der Waals surface area contributed by atoms with Crippen LogP contribution in [0.4, 0.5) is 9.59 Å². The van der Waals surface area contributed by atoms with Gasteiger partial charge < -0.3 is 29.0 Å². The molecule has 3 unspecified atom stereocenters. The molecule has 0 aliphatic carbocycles. The van der Waals surface area contributed by atoms with Gasteiger partial charge in [0.1, 0.15) is 6.04 Å². The van der Waals surface area contributed by atoms with Crippen LogP contribution in [-0.2, 0) is 43.8 Å². The Labute approximate surface area is 221 Å². The molecule has 0 saturated carbocycles. The molecular weight excluding hydrogens is 525 g/mol. The van der Waals surface area contributed by atoms with Crippen LogP contribution < -0.4 is 5.09 Å². The number of benzene rings is 1. The van der Waals surface area contributed by atoms with E-state index in [0.29, 0.717) is 5.56 Å². The average molecular weight is 562 g/mol. The SMILES string of the molecule is CCOC(=O)OC(CC)OP(=O)(NC(=N)N(C)C(Cc1ccccc1)C(=O)O)OC(CC)OC(=O)OCC. The third-order valence-electron chi connectivity index (χ3n) is 4.78. The third kappa shape index (κ3) is 11.4. The van der Waals surface area contributed by atoms with Gasteiger partial charge in [0.05, 0.1) is 13.2 Å². The summed E-state index contributed by atoms with van der Waals surface area (Å²) in [5, 5.41) is 20.4. The fourth-order valence-electron chi connectivity index (χ4n) is 2.86. The highest BCUT2D eigenvalue weighted by Crippen LogP contribution is 2.47. The first-order valence-electron chi connectivity index (χ1n) is 12.0. The molecule has 0 radical (unpaired) electrons. The van der Waals surface area contributed by atoms with Gasteiger partial charge in [0.15, 0.2) is 0 Å². The van der Waals surface area contributed by atoms with Crippen LogP contribution in [-0.4, -0.2) is 73.1 Å². The van der Waals surface area contributed by atoms with Crippen LogP contribution in [0.1, 0.15) is 46.1 Å². The summed E-state index contributed by atoms with van der Waals surface area (Å²) >= 11 is 0. The molecule has 0 aromatic heterocycles. The minimum atomic E-state index is -4.65. The normalized spacial score (nSPS) is 14.7. The van der Waals surface area contributed by atoms with E-state index in [1.807, 2.05) is 0 Å². The lowest BCUT2D eigenvalue weighted by Crippen LogP contribution is -2.48. The molecule has 38 heavy (non-hydrogen) atoms. The van der Waals surface area contributed by atoms with Crippen LogP contribution in [0.25, 0.3) is 0 Å². The molecule has 0 aliphatic rings. The predicted octanol–water partition coefficient (Wildman–Crippen LogP) is 4.10. The Hall–Kier alpha value is -3.35. The second kappa shape index (κ2) is 16.5. The smallest absolute Gasteiger partial charge is 0.480 e. The Morgan fingerprint density at radius 2 is 1.42 bits per heavy atom. The van der Waals surface area contributed by atoms with Gasteiger partial charge in [-0.1, -0.05) is 44.2 Å². The third-order valence-corrected chi connectivity index (χ3v) is 6.29. The zero-order chi connectivity index (χ0) is 28.7. The topological polar surface area (TPSA) is 183 Å². The van der Waals surface area contributed by atoms with E-state index in [4.69, 9.17) is 33.4 Å². The molecule has 14 nitrogen and oxygen atoms in total. The predicted molar refractivity (Wildman–Crippen MR) is 134 cm³/mol. The summed E-state index contributed by atoms with van der Waals surface area (Å²) in [5.74, 6) is -1.89. The number of ether oxygens (including phenoxy) is 4. The highest BCUT2D eigenvalue weighted by molar-refractivity contribution is 7.52. The van der Waals surface area contributed by atoms with Crippen LogP contribution >= 0.6 is 7.75 Å². The molecule has 1 aromatic carbocycles. The van der Waals surface area contributed by atoms with Crippen LogP contribution in [0.15, 0.2) is 30.3 Å². The van der Waals surface area contributed by atoms with Gasteiger partial charge >= 0.3 is 26.0 Å². The van der Waals surface area contributed by atoms with Crippen LogP contribution in [0.2, 0.25) is 0 Å². The van der Waals surface area contributed by atoms with E-state index in [0.717, 1.165) is 4.90 Å². The minimum absolute atomic E-state index is 0.00169. The average Bonchev–Trinajstić information content (AvgIpc) is 2.86. The van der Waals surface area contributed by atoms with Crippen LogP contribution in [0.3, 0.4) is 0 Å². The van der Waals surface area contributed by atoms with Crippen molar-refractivity contribution in [3.8, 4) is 0 Å². The number of hydrogen-bond donors (Lipinski definition) is 3. The summed E-state index contributed by atoms with van der Waals surface area (Å²) in [6.07, 6.45) is -5.08. The zero-order valence-electron chi connectivity index (χ0n) is 22.1. The fraction of sp³-hybridized carbons (Fsp3) is 0.565. The highest BCUT2D eigenvalue weighted by atomic mass is 31.2. The van der Waals surface area contributed by atoms with Crippen molar-refractivity contribution in [1.29, 1.82) is 5.41 Å². The van der Waals surface area contributed by atoms with Gasteiger partial charge in [0.2, 0.25) is 18.5 Å². The lowest BCUT2D eigenvalue weighted by atomic mass is 10.1. The standard InChI is InChI=1S/C23H36N3O11P/c1-6-18(34-22(29)32-8-3)36-38(31,37-19(7-2)35-23(30)33-9-4)25-21(24)26(5)17(20(27)28)15-16-13-11-10-12-14-16/h10-14,17-19H,6-9,15H2,1-5H3,(H,27,28)(H2,24,25,31). The largest absolute Gasteiger partial charge is 0.510 e. The molecule has 0 saturated heterocycles. The van der Waals surface area contributed by atoms with E-state index < -0.39 is 50.6 Å². The first-order valence-corrected chi connectivity index (χ1v) is 13.5. The maximum absolute atomic E-state index is 13.8. The van der Waals surface area contributed by atoms with Gasteiger partial charge in [-0.2, -0.15) is 0 Å². The lowest BCUT2D eigenvalue weighted by Gasteiger charge is -2.31. The number of carboxylic acids is 1. The second-order valence-corrected chi connectivity index (χ2v) is 9.24. The van der Waals surface area contributed by atoms with Gasteiger partial charge in [-0.15, -0.1) is 0 Å². The number of nitrogens with zero attached hydrogens (tertiary/aromatic N) is 1. The Kier molecular flexibility index (Phi) is 14.2. The maximum atomic E-state index is 13.8. The molecule has 0 spiro atoms. The van der Waals surface area contributed by atoms with E-state index in [-0.39, 0.29) is 32.5 Å². The molecule has 3 N–H and O–H groups in total. The Morgan fingerprint density at radius 3 is 1.82 bits per heavy atom. The first kappa shape index (κ1) is 32.7. The summed E-state index contributed by atoms with van der Waals surface area (Å²) in [6, 6.07) is 7.50. The van der Waals surface area contributed by atoms with Crippen LogP contribution in [0.5, 0.6) is 0 Å². The molecule has 3 atom stereocenters. The number of rotatable bonds is 15. The number of nitrogens with one attached hydrogen (secondary N) is 2. The summed E-state index contributed by atoms with van der Waals surface area (Å²) in [6.45, 7) is 6.25. The number of aliphatic carboxylic acids is 1. The lowest BCUT2D eigenvalue weighted by molar-refractivity contribution is -0.141. The van der Waals surface area contributed by atoms with Crippen LogP contribution in [0, 0.1) is 5.41 Å². The zero-order valence-corrected chi connectivity index (χ0v) is 23.0. The highest BCUT2D eigenvalue weighted by Gasteiger charge is 2.38. The molecule has 0 amide bonds. The maximum Gasteiger partial charge on any atom is 0.510 e. The van der Waals surface area contributed by atoms with E-state index in [1.165, 1.54) is 7.05 Å². The Balaban J connectivity index is 3.19. The Bertz CT molecular complexity index is 929. The molecule has 1 aromatic rings. The van der Waals surface area contributed by atoms with Crippen molar-refractivity contribution in [1.82, 2.24) is 9.99 Å². The monoisotopic (exact) mass is 561 g/mol. The van der Waals surface area contributed by atoms with Crippen molar-refractivity contribution in [3.05, 3.63) is 35.9 Å². The van der Waals surface area contributed by atoms with Crippen molar-refractivity contribution < 1.29 is 52.1 Å². The molecule has 0 heterocycles. The molecule has 15 heteroatoms. The van der Waals surface area contributed by atoms with Gasteiger partial charge in [0.25, 0.3) is 0 Å². The summed E-state index contributed by atoms with van der Waals surface area (Å²) in [4.78, 5) is 36.6. The summed E-state index contributed by atoms with van der Waals surface area (Å²) in [7, 11) is -3.35. The number of carbonyl (C=O) groups is 3. The summed E-state index contributed by atoms with van der Waals surface area (Å²) < 4.78 is 44.0. The van der Waals surface area contributed by atoms with Crippen molar-refractivity contribution in [3.63, 3.8) is 0 Å². The van der Waals surface area contributed by atoms with E-state index >= 15 is 0 Å². The fourth-order valence-corrected chi connectivity index (χ4v) is 4.43. The quantitative estimate of drug-likeness (QED) is 0.0915. The van der Waals surface area contributed by atoms with E-state index in [9.17, 15) is 24.1 Å². The van der Waals surface area contributed by atoms with E-state index in [2.05, 4.69) is 5.09 Å². The minimum Gasteiger partial charge on any atom is -0.480 e. The number of guanidine groups is 1. The number of hydrogen-bond acceptors (Lipinski definition) is 11. The molecule has 1 rings (SSSR count). The van der Waals surface area contributed by atoms with Crippen molar-refractivity contribution >= 4 is 32.0 Å². The molecule has 0 aliphatic heterocycles. The number of carbonyl (C=O) groups excluding carboxylic acids is 2. The van der Waals surface area contributed by atoms with Gasteiger partial charge in [0, 0.05) is 26.3 Å². The van der Waals surface area contributed by atoms with Gasteiger partial charge in [-0.25, -0.2) is 18.9 Å². The first-order chi connectivity index (χ1) is 18.0. The summed E-state index contributed by atoms with van der Waals surface area (Å²) in [5.41, 5.74) is 0.693. The number of carboxylic acid groups (broad SMARTS) is 1. The van der Waals surface area contributed by atoms with Gasteiger partial charge in [-0.05, 0) is 19.4 Å². The second-order valence-electron chi connectivity index (χ2n) is 7.60. The molecule has 214 valence electrons. The van der Waals surface area contributed by atoms with E-state index in [1.54, 1.807) is 58.0 Å². The van der Waals surface area contributed by atoms with Crippen molar-refractivity contribution in [2.24, 2.45) is 0 Å². The molecular formula is C23H36N3O11P. The molecule has 0 fully saturated rings. The Morgan fingerprint density at radius 1 is 0.947 bits per heavy atom. The molecule has 0 bridgehead atoms.